The number of nitrogens with two attached hydrogens (primary N) is 1. The summed E-state index contributed by atoms with van der Waals surface area (Å²) in [6.45, 7) is 3.76. The number of hydrogen-bond acceptors (Lipinski definition) is 10. The molecule has 0 saturated carbocycles. The van der Waals surface area contributed by atoms with E-state index in [1.807, 2.05) is 0 Å². The van der Waals surface area contributed by atoms with Gasteiger partial charge in [-0.2, -0.15) is 0 Å². The van der Waals surface area contributed by atoms with Crippen molar-refractivity contribution in [2.75, 3.05) is 59.3 Å². The molecule has 0 spiro atoms. The van der Waals surface area contributed by atoms with Crippen LogP contribution in [0.3, 0.4) is 0 Å². The minimum atomic E-state index is -1.04. The largest absolute Gasteiger partial charge is 0.484 e. The number of carbonyl (C=O) groups is 5. The van der Waals surface area contributed by atoms with Crippen molar-refractivity contribution in [3.63, 3.8) is 0 Å². The first-order valence-electron chi connectivity index (χ1n) is 12.6. The van der Waals surface area contributed by atoms with Gasteiger partial charge in [-0.3, -0.25) is 34.2 Å². The zero-order valence-corrected chi connectivity index (χ0v) is 21.2. The molecule has 13 heteroatoms. The van der Waals surface area contributed by atoms with Crippen molar-refractivity contribution < 1.29 is 42.9 Å². The van der Waals surface area contributed by atoms with E-state index in [1.165, 1.54) is 18.2 Å². The summed E-state index contributed by atoms with van der Waals surface area (Å²) < 4.78 is 21.6. The third-order valence-electron chi connectivity index (χ3n) is 5.77. The molecule has 4 N–H and O–H groups in total. The molecule has 0 aliphatic carbocycles. The van der Waals surface area contributed by atoms with E-state index in [0.29, 0.717) is 52.7 Å². The summed E-state index contributed by atoms with van der Waals surface area (Å²) in [7, 11) is 0. The number of benzene rings is 1. The number of rotatable bonds is 17. The van der Waals surface area contributed by atoms with Crippen molar-refractivity contribution >= 4 is 29.5 Å². The van der Waals surface area contributed by atoms with Gasteiger partial charge in [0.25, 0.3) is 17.7 Å². The lowest BCUT2D eigenvalue weighted by molar-refractivity contribution is -0.136. The Hall–Kier alpha value is -3.39. The first-order chi connectivity index (χ1) is 18.4. The smallest absolute Gasteiger partial charge is 0.262 e. The highest BCUT2D eigenvalue weighted by atomic mass is 16.5. The van der Waals surface area contributed by atoms with Crippen molar-refractivity contribution in [3.8, 4) is 5.75 Å². The third kappa shape index (κ3) is 8.31. The molecule has 1 atom stereocenters. The monoisotopic (exact) mass is 534 g/mol. The van der Waals surface area contributed by atoms with Crippen LogP contribution in [0.15, 0.2) is 18.2 Å². The first-order valence-corrected chi connectivity index (χ1v) is 12.6. The van der Waals surface area contributed by atoms with E-state index in [0.717, 1.165) is 17.7 Å². The lowest BCUT2D eigenvalue weighted by Crippen LogP contribution is -2.54. The molecule has 0 radical (unpaired) electrons. The summed E-state index contributed by atoms with van der Waals surface area (Å²) in [4.78, 5) is 62.0. The average molecular weight is 535 g/mol. The van der Waals surface area contributed by atoms with Gasteiger partial charge in [0, 0.05) is 45.9 Å². The van der Waals surface area contributed by atoms with Gasteiger partial charge in [0.1, 0.15) is 11.8 Å². The number of piperidine rings is 1. The number of nitrogens with one attached hydrogen (secondary N) is 2. The van der Waals surface area contributed by atoms with Gasteiger partial charge < -0.3 is 30.0 Å². The molecule has 208 valence electrons. The van der Waals surface area contributed by atoms with Gasteiger partial charge in [-0.25, -0.2) is 0 Å². The molecule has 1 aromatic carbocycles. The minimum Gasteiger partial charge on any atom is -0.484 e. The van der Waals surface area contributed by atoms with Crippen LogP contribution in [-0.4, -0.2) is 99.8 Å². The van der Waals surface area contributed by atoms with Crippen LogP contribution in [0.25, 0.3) is 0 Å². The summed E-state index contributed by atoms with van der Waals surface area (Å²) in [6, 6.07) is 3.22. The summed E-state index contributed by atoms with van der Waals surface area (Å²) in [6.07, 6.45) is 1.67. The summed E-state index contributed by atoms with van der Waals surface area (Å²) in [5.41, 5.74) is 5.55. The second-order valence-corrected chi connectivity index (χ2v) is 8.63. The van der Waals surface area contributed by atoms with E-state index in [2.05, 4.69) is 10.6 Å². The third-order valence-corrected chi connectivity index (χ3v) is 5.77. The van der Waals surface area contributed by atoms with E-state index in [9.17, 15) is 24.0 Å². The Labute approximate surface area is 220 Å². The zero-order valence-electron chi connectivity index (χ0n) is 21.2. The number of hydrogen-bond donors (Lipinski definition) is 3. The predicted molar refractivity (Wildman–Crippen MR) is 132 cm³/mol. The first kappa shape index (κ1) is 29.2. The highest BCUT2D eigenvalue weighted by Crippen LogP contribution is 2.30. The number of amides is 5. The molecule has 13 nitrogen and oxygen atoms in total. The van der Waals surface area contributed by atoms with E-state index >= 15 is 0 Å². The minimum absolute atomic E-state index is 0.0409. The number of nitrogens with zero attached hydrogens (tertiary/aromatic N) is 1. The standard InChI is InChI=1S/C25H34N4O9/c26-7-13-36-11-1-9-35-10-2-12-37-14-8-27-22(31)16-38-17-3-4-18-19(15-17)25(34)29(24(18)33)20-5-6-21(30)28-23(20)32/h3-4,15,20H,1-2,5-14,16,26H2,(H,27,31)(H,28,30,32). The van der Waals surface area contributed by atoms with Gasteiger partial charge in [0.05, 0.1) is 24.3 Å². The zero-order chi connectivity index (χ0) is 27.3. The second-order valence-electron chi connectivity index (χ2n) is 8.63. The molecular formula is C25H34N4O9. The lowest BCUT2D eigenvalue weighted by Gasteiger charge is -2.27. The molecule has 2 aliphatic heterocycles. The van der Waals surface area contributed by atoms with Crippen LogP contribution in [0, 0.1) is 0 Å². The maximum Gasteiger partial charge on any atom is 0.262 e. The molecule has 1 fully saturated rings. The maximum absolute atomic E-state index is 12.8. The molecule has 2 aliphatic rings. The van der Waals surface area contributed by atoms with Gasteiger partial charge in [-0.1, -0.05) is 0 Å². The Balaban J connectivity index is 1.30. The van der Waals surface area contributed by atoms with E-state index in [-0.39, 0.29) is 42.2 Å². The predicted octanol–water partition coefficient (Wildman–Crippen LogP) is -0.628. The van der Waals surface area contributed by atoms with Crippen LogP contribution in [0.2, 0.25) is 0 Å². The van der Waals surface area contributed by atoms with Gasteiger partial charge in [0.15, 0.2) is 6.61 Å². The highest BCUT2D eigenvalue weighted by molar-refractivity contribution is 6.23. The summed E-state index contributed by atoms with van der Waals surface area (Å²) >= 11 is 0. The Kier molecular flexibility index (Phi) is 11.6. The van der Waals surface area contributed by atoms with Crippen LogP contribution >= 0.6 is 0 Å². The molecule has 0 aromatic heterocycles. The molecule has 38 heavy (non-hydrogen) atoms. The summed E-state index contributed by atoms with van der Waals surface area (Å²) in [5.74, 6) is -2.52. The number of fused-ring (bicyclic) bond motifs is 1. The van der Waals surface area contributed by atoms with E-state index < -0.39 is 29.7 Å². The number of carbonyl (C=O) groups excluding carboxylic acids is 5. The van der Waals surface area contributed by atoms with Crippen molar-refractivity contribution in [2.24, 2.45) is 5.73 Å². The number of imide groups is 2. The van der Waals surface area contributed by atoms with Crippen LogP contribution in [0.5, 0.6) is 5.75 Å². The van der Waals surface area contributed by atoms with Crippen LogP contribution in [-0.2, 0) is 28.6 Å². The van der Waals surface area contributed by atoms with Crippen molar-refractivity contribution in [3.05, 3.63) is 29.3 Å². The topological polar surface area (TPSA) is 176 Å². The molecule has 1 unspecified atom stereocenters. The normalized spacial score (nSPS) is 17.0. The van der Waals surface area contributed by atoms with Crippen LogP contribution < -0.4 is 21.1 Å². The van der Waals surface area contributed by atoms with E-state index in [1.54, 1.807) is 0 Å². The Morgan fingerprint density at radius 3 is 2.29 bits per heavy atom. The van der Waals surface area contributed by atoms with E-state index in [4.69, 9.17) is 24.7 Å². The molecular weight excluding hydrogens is 500 g/mol. The average Bonchev–Trinajstić information content (AvgIpc) is 3.14. The lowest BCUT2D eigenvalue weighted by atomic mass is 10.0. The maximum atomic E-state index is 12.8. The van der Waals surface area contributed by atoms with Crippen molar-refractivity contribution in [2.45, 2.75) is 31.7 Å². The molecule has 3 rings (SSSR count). The van der Waals surface area contributed by atoms with Crippen LogP contribution in [0.4, 0.5) is 0 Å². The van der Waals surface area contributed by atoms with Crippen molar-refractivity contribution in [1.82, 2.24) is 15.5 Å². The quantitative estimate of drug-likeness (QED) is 0.172. The van der Waals surface area contributed by atoms with Crippen LogP contribution in [0.1, 0.15) is 46.4 Å². The fraction of sp³-hybridized carbons (Fsp3) is 0.560. The molecule has 0 bridgehead atoms. The number of ether oxygens (including phenoxy) is 4. The van der Waals surface area contributed by atoms with Gasteiger partial charge in [-0.05, 0) is 37.5 Å². The van der Waals surface area contributed by atoms with Crippen molar-refractivity contribution in [1.29, 1.82) is 0 Å². The van der Waals surface area contributed by atoms with Gasteiger partial charge in [-0.15, -0.1) is 0 Å². The van der Waals surface area contributed by atoms with Gasteiger partial charge >= 0.3 is 0 Å². The second kappa shape index (κ2) is 15.1. The Morgan fingerprint density at radius 2 is 1.61 bits per heavy atom. The fourth-order valence-corrected chi connectivity index (χ4v) is 3.92. The molecule has 1 saturated heterocycles. The fourth-order valence-electron chi connectivity index (χ4n) is 3.92. The molecule has 1 aromatic rings. The Bertz CT molecular complexity index is 1020. The Morgan fingerprint density at radius 1 is 0.947 bits per heavy atom. The summed E-state index contributed by atoms with van der Waals surface area (Å²) in [5, 5.41) is 4.82. The SMILES string of the molecule is NCCOCCCOCCCOCCNC(=O)COc1ccc2c(c1)C(=O)N(C1CCC(=O)NC1=O)C2=O. The highest BCUT2D eigenvalue weighted by Gasteiger charge is 2.44. The molecule has 5 amide bonds. The van der Waals surface area contributed by atoms with Gasteiger partial charge in [0.2, 0.25) is 11.8 Å². The molecule has 2 heterocycles.